The highest BCUT2D eigenvalue weighted by molar-refractivity contribution is 9.10. The average molecular weight is 351 g/mol. The first-order valence-electron chi connectivity index (χ1n) is 5.95. The average Bonchev–Trinajstić information content (AvgIpc) is 2.44. The molecule has 3 aromatic carbocycles. The van der Waals surface area contributed by atoms with Crippen LogP contribution < -0.4 is 0 Å². The van der Waals surface area contributed by atoms with E-state index in [1.165, 1.54) is 17.8 Å². The Labute approximate surface area is 127 Å². The van der Waals surface area contributed by atoms with Gasteiger partial charge in [-0.2, -0.15) is 0 Å². The standard InChI is InChI=1S/C16H9BrF2S/c17-14-8-12(18)9-15(16(14)19)20-13-6-5-10-3-1-2-4-11(10)7-13/h1-9H. The number of hydrogen-bond donors (Lipinski definition) is 0. The largest absolute Gasteiger partial charge is 0.207 e. The molecule has 0 aliphatic heterocycles. The Bertz CT molecular complexity index is 787. The first-order valence-corrected chi connectivity index (χ1v) is 7.55. The molecule has 0 saturated carbocycles. The zero-order valence-electron chi connectivity index (χ0n) is 10.2. The molecule has 0 aromatic heterocycles. The van der Waals surface area contributed by atoms with Crippen molar-refractivity contribution in [1.82, 2.24) is 0 Å². The predicted molar refractivity (Wildman–Crippen MR) is 82.1 cm³/mol. The zero-order chi connectivity index (χ0) is 14.1. The molecular weight excluding hydrogens is 342 g/mol. The van der Waals surface area contributed by atoms with Crippen LogP contribution in [0.4, 0.5) is 8.78 Å². The van der Waals surface area contributed by atoms with Crippen LogP contribution in [0.15, 0.2) is 68.9 Å². The fourth-order valence-electron chi connectivity index (χ4n) is 1.96. The van der Waals surface area contributed by atoms with Crippen molar-refractivity contribution < 1.29 is 8.78 Å². The Kier molecular flexibility index (Phi) is 3.76. The van der Waals surface area contributed by atoms with E-state index >= 15 is 0 Å². The highest BCUT2D eigenvalue weighted by Crippen LogP contribution is 2.34. The number of halogens is 3. The lowest BCUT2D eigenvalue weighted by atomic mass is 10.1. The third-order valence-corrected chi connectivity index (χ3v) is 4.49. The van der Waals surface area contributed by atoms with Crippen LogP contribution in [0.5, 0.6) is 0 Å². The molecule has 0 bridgehead atoms. The second kappa shape index (κ2) is 5.54. The van der Waals surface area contributed by atoms with Gasteiger partial charge in [-0.05, 0) is 51.0 Å². The van der Waals surface area contributed by atoms with E-state index in [0.717, 1.165) is 21.7 Å². The van der Waals surface area contributed by atoms with Gasteiger partial charge in [-0.1, -0.05) is 42.1 Å². The Hall–Kier alpha value is -1.39. The molecule has 3 aromatic rings. The number of rotatable bonds is 2. The summed E-state index contributed by atoms with van der Waals surface area (Å²) in [5.74, 6) is -0.897. The Balaban J connectivity index is 2.01. The second-order valence-electron chi connectivity index (χ2n) is 4.31. The first kappa shape index (κ1) is 13.6. The molecule has 0 N–H and O–H groups in total. The summed E-state index contributed by atoms with van der Waals surface area (Å²) in [5, 5.41) is 2.20. The van der Waals surface area contributed by atoms with Gasteiger partial charge < -0.3 is 0 Å². The lowest BCUT2D eigenvalue weighted by Crippen LogP contribution is -1.86. The van der Waals surface area contributed by atoms with Crippen LogP contribution in [-0.4, -0.2) is 0 Å². The van der Waals surface area contributed by atoms with Crippen LogP contribution in [0.3, 0.4) is 0 Å². The molecule has 0 aliphatic carbocycles. The van der Waals surface area contributed by atoms with Crippen LogP contribution in [0, 0.1) is 11.6 Å². The molecule has 0 nitrogen and oxygen atoms in total. The van der Waals surface area contributed by atoms with Crippen molar-refractivity contribution in [3.63, 3.8) is 0 Å². The summed E-state index contributed by atoms with van der Waals surface area (Å²) in [5.41, 5.74) is 0. The summed E-state index contributed by atoms with van der Waals surface area (Å²) >= 11 is 4.23. The highest BCUT2D eigenvalue weighted by Gasteiger charge is 2.11. The Morgan fingerprint density at radius 1 is 0.850 bits per heavy atom. The van der Waals surface area contributed by atoms with E-state index in [1.807, 2.05) is 42.5 Å². The van der Waals surface area contributed by atoms with Gasteiger partial charge in [0.2, 0.25) is 0 Å². The smallest absolute Gasteiger partial charge is 0.151 e. The van der Waals surface area contributed by atoms with Crippen molar-refractivity contribution in [3.8, 4) is 0 Å². The molecule has 100 valence electrons. The fraction of sp³-hybridized carbons (Fsp3) is 0. The number of fused-ring (bicyclic) bond motifs is 1. The minimum absolute atomic E-state index is 0.140. The first-order chi connectivity index (χ1) is 9.63. The molecule has 0 aliphatic rings. The number of benzene rings is 3. The maximum atomic E-state index is 13.9. The van der Waals surface area contributed by atoms with E-state index in [-0.39, 0.29) is 9.37 Å². The van der Waals surface area contributed by atoms with Gasteiger partial charge in [0, 0.05) is 4.90 Å². The molecule has 0 atom stereocenters. The van der Waals surface area contributed by atoms with Crippen LogP contribution in [0.2, 0.25) is 0 Å². The van der Waals surface area contributed by atoms with Crippen LogP contribution in [0.25, 0.3) is 10.8 Å². The quantitative estimate of drug-likeness (QED) is 0.508. The normalized spacial score (nSPS) is 10.9. The third kappa shape index (κ3) is 2.72. The van der Waals surface area contributed by atoms with Crippen LogP contribution >= 0.6 is 27.7 Å². The summed E-state index contributed by atoms with van der Waals surface area (Å²) in [6.45, 7) is 0. The van der Waals surface area contributed by atoms with Gasteiger partial charge in [0.25, 0.3) is 0 Å². The number of hydrogen-bond acceptors (Lipinski definition) is 1. The molecule has 0 amide bonds. The van der Waals surface area contributed by atoms with Gasteiger partial charge in [-0.3, -0.25) is 0 Å². The zero-order valence-corrected chi connectivity index (χ0v) is 12.6. The molecule has 0 fully saturated rings. The fourth-order valence-corrected chi connectivity index (χ4v) is 3.47. The lowest BCUT2D eigenvalue weighted by molar-refractivity contribution is 0.570. The monoisotopic (exact) mass is 350 g/mol. The summed E-state index contributed by atoms with van der Waals surface area (Å²) < 4.78 is 27.4. The Morgan fingerprint density at radius 3 is 2.40 bits per heavy atom. The van der Waals surface area contributed by atoms with E-state index in [9.17, 15) is 8.78 Å². The highest BCUT2D eigenvalue weighted by atomic mass is 79.9. The molecule has 0 unspecified atom stereocenters. The summed E-state index contributed by atoms with van der Waals surface area (Å²) in [6, 6.07) is 16.1. The molecular formula is C16H9BrF2S. The molecule has 4 heteroatoms. The van der Waals surface area contributed by atoms with Crippen LogP contribution in [0.1, 0.15) is 0 Å². The van der Waals surface area contributed by atoms with Gasteiger partial charge in [0.1, 0.15) is 5.82 Å². The van der Waals surface area contributed by atoms with Gasteiger partial charge in [0.15, 0.2) is 5.82 Å². The topological polar surface area (TPSA) is 0 Å². The molecule has 0 heterocycles. The maximum Gasteiger partial charge on any atom is 0.151 e. The molecule has 3 rings (SSSR count). The van der Waals surface area contributed by atoms with Crippen molar-refractivity contribution in [2.24, 2.45) is 0 Å². The molecule has 0 saturated heterocycles. The van der Waals surface area contributed by atoms with Gasteiger partial charge in [-0.25, -0.2) is 8.78 Å². The lowest BCUT2D eigenvalue weighted by Gasteiger charge is -2.06. The minimum Gasteiger partial charge on any atom is -0.207 e. The minimum atomic E-state index is -0.457. The SMILES string of the molecule is Fc1cc(Br)c(F)c(Sc2ccc3ccccc3c2)c1. The predicted octanol–water partition coefficient (Wildman–Crippen LogP) is 6.03. The van der Waals surface area contributed by atoms with Crippen molar-refractivity contribution in [2.45, 2.75) is 9.79 Å². The van der Waals surface area contributed by atoms with E-state index in [0.29, 0.717) is 0 Å². The van der Waals surface area contributed by atoms with Crippen molar-refractivity contribution >= 4 is 38.5 Å². The summed E-state index contributed by atoms with van der Waals surface area (Å²) in [4.78, 5) is 1.15. The van der Waals surface area contributed by atoms with Crippen molar-refractivity contribution in [1.29, 1.82) is 0 Å². The molecule has 20 heavy (non-hydrogen) atoms. The van der Waals surface area contributed by atoms with Crippen LogP contribution in [-0.2, 0) is 0 Å². The van der Waals surface area contributed by atoms with E-state index in [2.05, 4.69) is 15.9 Å². The third-order valence-electron chi connectivity index (χ3n) is 2.91. The van der Waals surface area contributed by atoms with Crippen molar-refractivity contribution in [3.05, 3.63) is 70.7 Å². The molecule has 0 radical (unpaired) electrons. The van der Waals surface area contributed by atoms with Crippen molar-refractivity contribution in [2.75, 3.05) is 0 Å². The van der Waals surface area contributed by atoms with E-state index < -0.39 is 11.6 Å². The summed E-state index contributed by atoms with van der Waals surface area (Å²) in [6.07, 6.45) is 0. The maximum absolute atomic E-state index is 13.9. The van der Waals surface area contributed by atoms with Gasteiger partial charge in [0.05, 0.1) is 9.37 Å². The van der Waals surface area contributed by atoms with E-state index in [4.69, 9.17) is 0 Å². The van der Waals surface area contributed by atoms with E-state index in [1.54, 1.807) is 0 Å². The Morgan fingerprint density at radius 2 is 1.60 bits per heavy atom. The summed E-state index contributed by atoms with van der Waals surface area (Å²) in [7, 11) is 0. The molecule has 0 spiro atoms. The van der Waals surface area contributed by atoms with Gasteiger partial charge in [-0.15, -0.1) is 0 Å². The van der Waals surface area contributed by atoms with Gasteiger partial charge >= 0.3 is 0 Å². The second-order valence-corrected chi connectivity index (χ2v) is 6.28.